The van der Waals surface area contributed by atoms with Gasteiger partial charge < -0.3 is 20.2 Å². The maximum absolute atomic E-state index is 5.89. The molecule has 0 bridgehead atoms. The van der Waals surface area contributed by atoms with E-state index in [1.54, 1.807) is 0 Å². The first-order valence-corrected chi connectivity index (χ1v) is 7.62. The van der Waals surface area contributed by atoms with Crippen molar-refractivity contribution in [2.75, 3.05) is 39.4 Å². The molecular formula is C15H27IN4O2. The van der Waals surface area contributed by atoms with Gasteiger partial charge in [0, 0.05) is 19.6 Å². The van der Waals surface area contributed by atoms with Crippen molar-refractivity contribution in [3.05, 3.63) is 23.7 Å². The molecule has 1 unspecified atom stereocenters. The minimum absolute atomic E-state index is 0. The van der Waals surface area contributed by atoms with Crippen LogP contribution in [0, 0.1) is 6.92 Å². The second kappa shape index (κ2) is 10.1. The molecule has 0 aliphatic carbocycles. The summed E-state index contributed by atoms with van der Waals surface area (Å²) in [4.78, 5) is 6.81. The number of guanidine groups is 1. The number of morpholine rings is 1. The van der Waals surface area contributed by atoms with Gasteiger partial charge in [0.1, 0.15) is 11.5 Å². The molecule has 3 N–H and O–H groups in total. The minimum atomic E-state index is 0. The zero-order chi connectivity index (χ0) is 15.1. The summed E-state index contributed by atoms with van der Waals surface area (Å²) in [5.41, 5.74) is 5.89. The van der Waals surface area contributed by atoms with Crippen LogP contribution in [-0.2, 0) is 4.74 Å². The maximum Gasteiger partial charge on any atom is 0.188 e. The van der Waals surface area contributed by atoms with Crippen molar-refractivity contribution >= 4 is 29.9 Å². The second-order valence-corrected chi connectivity index (χ2v) is 5.27. The van der Waals surface area contributed by atoms with E-state index in [9.17, 15) is 0 Å². The van der Waals surface area contributed by atoms with Crippen molar-refractivity contribution < 1.29 is 9.15 Å². The van der Waals surface area contributed by atoms with Crippen molar-refractivity contribution in [2.45, 2.75) is 26.3 Å². The van der Waals surface area contributed by atoms with E-state index in [4.69, 9.17) is 14.9 Å². The number of rotatable bonds is 6. The summed E-state index contributed by atoms with van der Waals surface area (Å²) < 4.78 is 11.2. The lowest BCUT2D eigenvalue weighted by Gasteiger charge is -2.32. The number of hydrogen-bond donors (Lipinski definition) is 2. The minimum Gasteiger partial charge on any atom is -0.465 e. The number of halogens is 1. The van der Waals surface area contributed by atoms with E-state index in [0.29, 0.717) is 12.5 Å². The summed E-state index contributed by atoms with van der Waals surface area (Å²) in [7, 11) is 0. The van der Waals surface area contributed by atoms with E-state index in [1.165, 1.54) is 0 Å². The molecule has 0 radical (unpaired) electrons. The topological polar surface area (TPSA) is 76.0 Å². The van der Waals surface area contributed by atoms with Crippen LogP contribution in [0.2, 0.25) is 0 Å². The Balaban J connectivity index is 0.00000242. The summed E-state index contributed by atoms with van der Waals surface area (Å²) in [6.45, 7) is 8.78. The smallest absolute Gasteiger partial charge is 0.188 e. The molecule has 0 saturated carbocycles. The molecule has 1 aromatic heterocycles. The molecule has 2 heterocycles. The summed E-state index contributed by atoms with van der Waals surface area (Å²) in [6, 6.07) is 4.14. The molecule has 1 saturated heterocycles. The molecular weight excluding hydrogens is 395 g/mol. The van der Waals surface area contributed by atoms with Gasteiger partial charge in [0.05, 0.1) is 25.8 Å². The van der Waals surface area contributed by atoms with Gasteiger partial charge >= 0.3 is 0 Å². The molecule has 1 aliphatic rings. The van der Waals surface area contributed by atoms with Gasteiger partial charge in [-0.25, -0.2) is 0 Å². The van der Waals surface area contributed by atoms with Gasteiger partial charge in [0.15, 0.2) is 5.96 Å². The number of nitrogens with zero attached hydrogens (tertiary/aromatic N) is 2. The third-order valence-electron chi connectivity index (χ3n) is 3.57. The van der Waals surface area contributed by atoms with Crippen LogP contribution in [0.15, 0.2) is 21.5 Å². The standard InChI is InChI=1S/C15H26N4O2.HI/c1-3-6-17-15(16)18-11-13(14-5-4-12(2)21-14)19-7-9-20-10-8-19;/h4-5,13H,3,6-11H2,1-2H3,(H3,16,17,18);1H. The average molecular weight is 422 g/mol. The third kappa shape index (κ3) is 5.77. The third-order valence-corrected chi connectivity index (χ3v) is 3.57. The monoisotopic (exact) mass is 422 g/mol. The number of furan rings is 1. The molecule has 2 rings (SSSR count). The van der Waals surface area contributed by atoms with Crippen molar-refractivity contribution in [1.29, 1.82) is 0 Å². The maximum atomic E-state index is 5.89. The average Bonchev–Trinajstić information content (AvgIpc) is 2.93. The van der Waals surface area contributed by atoms with E-state index in [-0.39, 0.29) is 30.0 Å². The quantitative estimate of drug-likeness (QED) is 0.416. The van der Waals surface area contributed by atoms with Crippen molar-refractivity contribution in [1.82, 2.24) is 10.2 Å². The highest BCUT2D eigenvalue weighted by molar-refractivity contribution is 14.0. The fourth-order valence-corrected chi connectivity index (χ4v) is 2.40. The number of nitrogens with two attached hydrogens (primary N) is 1. The molecule has 1 aliphatic heterocycles. The first-order chi connectivity index (χ1) is 10.2. The fourth-order valence-electron chi connectivity index (χ4n) is 2.40. The Morgan fingerprint density at radius 2 is 2.14 bits per heavy atom. The molecule has 22 heavy (non-hydrogen) atoms. The zero-order valence-electron chi connectivity index (χ0n) is 13.4. The van der Waals surface area contributed by atoms with E-state index in [2.05, 4.69) is 22.1 Å². The van der Waals surface area contributed by atoms with Crippen LogP contribution >= 0.6 is 24.0 Å². The lowest BCUT2D eigenvalue weighted by atomic mass is 10.2. The van der Waals surface area contributed by atoms with Crippen LogP contribution in [0.5, 0.6) is 0 Å². The number of aryl methyl sites for hydroxylation is 1. The number of aliphatic imine (C=N–C) groups is 1. The Kier molecular flexibility index (Phi) is 8.81. The van der Waals surface area contributed by atoms with Crippen LogP contribution in [0.4, 0.5) is 0 Å². The summed E-state index contributed by atoms with van der Waals surface area (Å²) in [6.07, 6.45) is 1.03. The Bertz CT molecular complexity index is 458. The van der Waals surface area contributed by atoms with Gasteiger partial charge in [0.2, 0.25) is 0 Å². The first-order valence-electron chi connectivity index (χ1n) is 7.62. The van der Waals surface area contributed by atoms with Gasteiger partial charge in [-0.1, -0.05) is 6.92 Å². The highest BCUT2D eigenvalue weighted by Gasteiger charge is 2.24. The number of hydrogen-bond acceptors (Lipinski definition) is 4. The lowest BCUT2D eigenvalue weighted by Crippen LogP contribution is -2.41. The fraction of sp³-hybridized carbons (Fsp3) is 0.667. The van der Waals surface area contributed by atoms with Gasteiger partial charge in [-0.05, 0) is 25.5 Å². The lowest BCUT2D eigenvalue weighted by molar-refractivity contribution is 0.0135. The molecule has 7 heteroatoms. The van der Waals surface area contributed by atoms with E-state index in [0.717, 1.165) is 50.8 Å². The van der Waals surface area contributed by atoms with Crippen molar-refractivity contribution in [3.8, 4) is 0 Å². The van der Waals surface area contributed by atoms with Gasteiger partial charge in [-0.3, -0.25) is 9.89 Å². The highest BCUT2D eigenvalue weighted by Crippen LogP contribution is 2.24. The number of ether oxygens (including phenoxy) is 1. The Morgan fingerprint density at radius 1 is 1.41 bits per heavy atom. The SMILES string of the molecule is CCCNC(N)=NCC(c1ccc(C)o1)N1CCOCC1.I. The second-order valence-electron chi connectivity index (χ2n) is 5.27. The van der Waals surface area contributed by atoms with Crippen LogP contribution in [0.1, 0.15) is 30.9 Å². The summed E-state index contributed by atoms with van der Waals surface area (Å²) >= 11 is 0. The van der Waals surface area contributed by atoms with E-state index in [1.807, 2.05) is 19.1 Å². The molecule has 1 atom stereocenters. The van der Waals surface area contributed by atoms with Crippen molar-refractivity contribution in [3.63, 3.8) is 0 Å². The van der Waals surface area contributed by atoms with Gasteiger partial charge in [-0.2, -0.15) is 0 Å². The Labute approximate surface area is 149 Å². The molecule has 0 spiro atoms. The van der Waals surface area contributed by atoms with Crippen molar-refractivity contribution in [2.24, 2.45) is 10.7 Å². The number of nitrogens with one attached hydrogen (secondary N) is 1. The van der Waals surface area contributed by atoms with Gasteiger partial charge in [-0.15, -0.1) is 24.0 Å². The predicted octanol–water partition coefficient (Wildman–Crippen LogP) is 1.89. The van der Waals surface area contributed by atoms with Crippen LogP contribution < -0.4 is 11.1 Å². The van der Waals surface area contributed by atoms with Gasteiger partial charge in [0.25, 0.3) is 0 Å². The molecule has 126 valence electrons. The summed E-state index contributed by atoms with van der Waals surface area (Å²) in [5.74, 6) is 2.36. The normalized spacial score (nSPS) is 17.8. The zero-order valence-corrected chi connectivity index (χ0v) is 15.7. The molecule has 0 aromatic carbocycles. The Morgan fingerprint density at radius 3 is 2.73 bits per heavy atom. The van der Waals surface area contributed by atoms with Crippen LogP contribution in [0.3, 0.4) is 0 Å². The summed E-state index contributed by atoms with van der Waals surface area (Å²) in [5, 5.41) is 3.10. The Hall–Kier alpha value is -0.800. The molecule has 6 nitrogen and oxygen atoms in total. The molecule has 1 aromatic rings. The van der Waals surface area contributed by atoms with Crippen LogP contribution in [0.25, 0.3) is 0 Å². The van der Waals surface area contributed by atoms with Crippen LogP contribution in [-0.4, -0.2) is 50.3 Å². The predicted molar refractivity (Wildman–Crippen MR) is 98.8 cm³/mol. The largest absolute Gasteiger partial charge is 0.465 e. The van der Waals surface area contributed by atoms with E-state index < -0.39 is 0 Å². The molecule has 0 amide bonds. The van der Waals surface area contributed by atoms with E-state index >= 15 is 0 Å². The first kappa shape index (κ1) is 19.2. The molecule has 1 fully saturated rings. The highest BCUT2D eigenvalue weighted by atomic mass is 127.